The number of amides is 3. The fraction of sp³-hybridized carbons (Fsp3) is 0.727. The Kier molecular flexibility index (Phi) is 5.40. The van der Waals surface area contributed by atoms with E-state index in [1.54, 1.807) is 0 Å². The van der Waals surface area contributed by atoms with Gasteiger partial charge in [-0.2, -0.15) is 0 Å². The second-order valence-electron chi connectivity index (χ2n) is 4.50. The normalized spacial score (nSPS) is 17.3. The lowest BCUT2D eigenvalue weighted by atomic mass is 9.82. The van der Waals surface area contributed by atoms with Crippen LogP contribution in [0.5, 0.6) is 0 Å². The summed E-state index contributed by atoms with van der Waals surface area (Å²) in [5, 5.41) is 14.2. The molecule has 0 unspecified atom stereocenters. The topological polar surface area (TPSA) is 131 Å². The number of ether oxygens (including phenoxy) is 1. The maximum Gasteiger partial charge on any atom is 0.404 e. The van der Waals surface area contributed by atoms with E-state index in [4.69, 9.17) is 5.73 Å². The molecule has 0 radical (unpaired) electrons. The molecule has 1 aliphatic carbocycles. The first-order valence-electron chi connectivity index (χ1n) is 6.18. The number of hydrogen-bond acceptors (Lipinski definition) is 4. The molecule has 8 nitrogen and oxygen atoms in total. The minimum Gasteiger partial charge on any atom is -0.480 e. The van der Waals surface area contributed by atoms with Gasteiger partial charge in [0.2, 0.25) is 0 Å². The van der Waals surface area contributed by atoms with E-state index in [0.29, 0.717) is 12.8 Å². The monoisotopic (exact) mass is 273 g/mol. The van der Waals surface area contributed by atoms with Crippen LogP contribution in [0.3, 0.4) is 0 Å². The second kappa shape index (κ2) is 6.81. The molecule has 0 spiro atoms. The predicted octanol–water partition coefficient (Wildman–Crippen LogP) is 0.168. The van der Waals surface area contributed by atoms with E-state index in [1.165, 1.54) is 0 Å². The molecule has 0 atom stereocenters. The highest BCUT2D eigenvalue weighted by Crippen LogP contribution is 2.28. The Bertz CT molecular complexity index is 352. The molecule has 0 aromatic heterocycles. The Morgan fingerprint density at radius 3 is 2.37 bits per heavy atom. The molecule has 0 bridgehead atoms. The van der Waals surface area contributed by atoms with Crippen molar-refractivity contribution in [3.63, 3.8) is 0 Å². The zero-order chi connectivity index (χ0) is 14.3. The molecule has 1 saturated carbocycles. The number of nitrogens with one attached hydrogen (secondary N) is 2. The summed E-state index contributed by atoms with van der Waals surface area (Å²) in [6, 6.07) is -0.586. The van der Waals surface area contributed by atoms with Gasteiger partial charge in [0.15, 0.2) is 0 Å². The van der Waals surface area contributed by atoms with Crippen molar-refractivity contribution < 1.29 is 24.2 Å². The van der Waals surface area contributed by atoms with Gasteiger partial charge in [-0.15, -0.1) is 0 Å². The molecular weight excluding hydrogens is 254 g/mol. The summed E-state index contributed by atoms with van der Waals surface area (Å²) >= 11 is 0. The third-order valence-electron chi connectivity index (χ3n) is 3.10. The van der Waals surface area contributed by atoms with E-state index in [0.717, 1.165) is 19.3 Å². The van der Waals surface area contributed by atoms with Crippen LogP contribution in [0.1, 0.15) is 32.1 Å². The summed E-state index contributed by atoms with van der Waals surface area (Å²) in [6.45, 7) is 0.0211. The van der Waals surface area contributed by atoms with Crippen molar-refractivity contribution in [3.05, 3.63) is 0 Å². The lowest BCUT2D eigenvalue weighted by molar-refractivity contribution is -0.145. The maximum absolute atomic E-state index is 11.6. The Morgan fingerprint density at radius 1 is 1.21 bits per heavy atom. The molecule has 1 fully saturated rings. The van der Waals surface area contributed by atoms with Crippen LogP contribution in [0.25, 0.3) is 0 Å². The smallest absolute Gasteiger partial charge is 0.404 e. The van der Waals surface area contributed by atoms with E-state index in [9.17, 15) is 19.5 Å². The van der Waals surface area contributed by atoms with Crippen molar-refractivity contribution in [2.24, 2.45) is 5.73 Å². The van der Waals surface area contributed by atoms with Gasteiger partial charge in [0.25, 0.3) is 0 Å². The number of rotatable bonds is 5. The second-order valence-corrected chi connectivity index (χ2v) is 4.50. The molecule has 0 aromatic carbocycles. The van der Waals surface area contributed by atoms with Gasteiger partial charge in [-0.05, 0) is 12.8 Å². The van der Waals surface area contributed by atoms with Crippen molar-refractivity contribution in [1.29, 1.82) is 0 Å². The number of aliphatic carboxylic acids is 1. The van der Waals surface area contributed by atoms with Crippen LogP contribution in [-0.2, 0) is 9.53 Å². The van der Waals surface area contributed by atoms with Gasteiger partial charge in [-0.3, -0.25) is 0 Å². The van der Waals surface area contributed by atoms with Crippen molar-refractivity contribution in [2.45, 2.75) is 37.6 Å². The van der Waals surface area contributed by atoms with Crippen LogP contribution >= 0.6 is 0 Å². The molecule has 5 N–H and O–H groups in total. The van der Waals surface area contributed by atoms with E-state index >= 15 is 0 Å². The van der Waals surface area contributed by atoms with Crippen LogP contribution in [-0.4, -0.2) is 41.9 Å². The number of nitrogens with two attached hydrogens (primary N) is 1. The fourth-order valence-electron chi connectivity index (χ4n) is 2.13. The van der Waals surface area contributed by atoms with Crippen molar-refractivity contribution in [3.8, 4) is 0 Å². The Labute approximate surface area is 110 Å². The van der Waals surface area contributed by atoms with E-state index in [-0.39, 0.29) is 13.2 Å². The maximum atomic E-state index is 11.6. The zero-order valence-corrected chi connectivity index (χ0v) is 10.6. The third kappa shape index (κ3) is 4.65. The van der Waals surface area contributed by atoms with Crippen LogP contribution in [0, 0.1) is 0 Å². The number of urea groups is 1. The van der Waals surface area contributed by atoms with Gasteiger partial charge in [0, 0.05) is 0 Å². The summed E-state index contributed by atoms with van der Waals surface area (Å²) in [6.07, 6.45) is 2.46. The zero-order valence-electron chi connectivity index (χ0n) is 10.6. The highest BCUT2D eigenvalue weighted by atomic mass is 16.5. The summed E-state index contributed by atoms with van der Waals surface area (Å²) in [5.41, 5.74) is 3.56. The van der Waals surface area contributed by atoms with Crippen molar-refractivity contribution in [1.82, 2.24) is 10.6 Å². The SMILES string of the molecule is NC(=O)OCCNC(=O)NC1(C(=O)O)CCCCC1. The summed E-state index contributed by atoms with van der Waals surface area (Å²) in [5.74, 6) is -1.02. The predicted molar refractivity (Wildman–Crippen MR) is 65.5 cm³/mol. The Balaban J connectivity index is 2.39. The largest absolute Gasteiger partial charge is 0.480 e. The summed E-state index contributed by atoms with van der Waals surface area (Å²) in [7, 11) is 0. The number of carboxylic acid groups (broad SMARTS) is 1. The number of primary amides is 1. The van der Waals surface area contributed by atoms with Gasteiger partial charge < -0.3 is 26.2 Å². The first kappa shape index (κ1) is 15.1. The highest BCUT2D eigenvalue weighted by molar-refractivity contribution is 5.86. The third-order valence-corrected chi connectivity index (χ3v) is 3.10. The van der Waals surface area contributed by atoms with Crippen LogP contribution in [0.2, 0.25) is 0 Å². The van der Waals surface area contributed by atoms with Gasteiger partial charge in [0.1, 0.15) is 12.1 Å². The average molecular weight is 273 g/mol. The molecule has 1 rings (SSSR count). The Morgan fingerprint density at radius 2 is 1.84 bits per heavy atom. The molecule has 0 aliphatic heterocycles. The van der Waals surface area contributed by atoms with Crippen LogP contribution < -0.4 is 16.4 Å². The van der Waals surface area contributed by atoms with Gasteiger partial charge in [-0.1, -0.05) is 19.3 Å². The molecule has 3 amide bonds. The fourth-order valence-corrected chi connectivity index (χ4v) is 2.13. The van der Waals surface area contributed by atoms with Gasteiger partial charge in [-0.25, -0.2) is 14.4 Å². The molecule has 8 heteroatoms. The van der Waals surface area contributed by atoms with Gasteiger partial charge in [0.05, 0.1) is 6.54 Å². The minimum atomic E-state index is -1.19. The lowest BCUT2D eigenvalue weighted by Crippen LogP contribution is -2.58. The molecule has 0 saturated heterocycles. The first-order chi connectivity index (χ1) is 8.96. The van der Waals surface area contributed by atoms with Crippen LogP contribution in [0.4, 0.5) is 9.59 Å². The molecule has 0 heterocycles. The highest BCUT2D eigenvalue weighted by Gasteiger charge is 2.40. The quantitative estimate of drug-likeness (QED) is 0.530. The lowest BCUT2D eigenvalue weighted by Gasteiger charge is -2.33. The van der Waals surface area contributed by atoms with Crippen molar-refractivity contribution in [2.75, 3.05) is 13.2 Å². The molecule has 108 valence electrons. The number of carbonyl (C=O) groups excluding carboxylic acids is 2. The Hall–Kier alpha value is -1.99. The summed E-state index contributed by atoms with van der Waals surface area (Å²) in [4.78, 5) is 33.2. The minimum absolute atomic E-state index is 0.0528. The standard InChI is InChI=1S/C11H19N3O5/c12-9(17)19-7-6-13-10(18)14-11(8(15)16)4-2-1-3-5-11/h1-7H2,(H2,12,17)(H,15,16)(H2,13,14,18). The van der Waals surface area contributed by atoms with Gasteiger partial charge >= 0.3 is 18.1 Å². The molecule has 19 heavy (non-hydrogen) atoms. The number of carboxylic acids is 1. The average Bonchev–Trinajstić information content (AvgIpc) is 2.35. The van der Waals surface area contributed by atoms with Crippen molar-refractivity contribution >= 4 is 18.1 Å². The number of hydrogen-bond donors (Lipinski definition) is 4. The first-order valence-corrected chi connectivity index (χ1v) is 6.18. The number of carbonyl (C=O) groups is 3. The van der Waals surface area contributed by atoms with E-state index in [1.807, 2.05) is 0 Å². The summed E-state index contributed by atoms with van der Waals surface area (Å²) < 4.78 is 4.43. The molecule has 1 aliphatic rings. The van der Waals surface area contributed by atoms with Crippen LogP contribution in [0.15, 0.2) is 0 Å². The van der Waals surface area contributed by atoms with E-state index in [2.05, 4.69) is 15.4 Å². The molecular formula is C11H19N3O5. The van der Waals surface area contributed by atoms with E-state index < -0.39 is 23.6 Å². The molecule has 0 aromatic rings.